The van der Waals surface area contributed by atoms with Gasteiger partial charge in [-0.05, 0) is 57.3 Å². The van der Waals surface area contributed by atoms with E-state index in [9.17, 15) is 9.59 Å². The molecule has 1 heterocycles. The van der Waals surface area contributed by atoms with Gasteiger partial charge in [-0.25, -0.2) is 4.79 Å². The van der Waals surface area contributed by atoms with E-state index in [0.29, 0.717) is 11.9 Å². The lowest BCUT2D eigenvalue weighted by molar-refractivity contribution is -0.136. The molecule has 3 amide bonds. The minimum Gasteiger partial charge on any atom is -0.351 e. The molecule has 2 N–H and O–H groups in total. The van der Waals surface area contributed by atoms with Gasteiger partial charge in [-0.1, -0.05) is 19.8 Å². The number of piperidine rings is 1. The Kier molecular flexibility index (Phi) is 5.67. The molecule has 0 aromatic rings. The van der Waals surface area contributed by atoms with Crippen LogP contribution in [0.4, 0.5) is 4.79 Å². The topological polar surface area (TPSA) is 66.6 Å². The Morgan fingerprint density at radius 1 is 0.875 bits per heavy atom. The summed E-state index contributed by atoms with van der Waals surface area (Å²) < 4.78 is 0. The highest BCUT2D eigenvalue weighted by Gasteiger charge is 2.36. The monoisotopic (exact) mass is 335 g/mol. The van der Waals surface area contributed by atoms with Crippen molar-refractivity contribution in [3.05, 3.63) is 0 Å². The normalized spacial score (nSPS) is 29.6. The van der Waals surface area contributed by atoms with E-state index < -0.39 is 0 Å². The predicted octanol–water partition coefficient (Wildman–Crippen LogP) is 3.13. The quantitative estimate of drug-likeness (QED) is 0.861. The van der Waals surface area contributed by atoms with Gasteiger partial charge < -0.3 is 15.5 Å². The minimum absolute atomic E-state index is 0.216. The fraction of sp³-hybridized carbons (Fsp3) is 0.895. The first kappa shape index (κ1) is 17.6. The van der Waals surface area contributed by atoms with Crippen molar-refractivity contribution in [3.63, 3.8) is 0 Å². The van der Waals surface area contributed by atoms with Crippen molar-refractivity contribution in [2.24, 2.45) is 17.6 Å². The Labute approximate surface area is 145 Å². The first-order valence-corrected chi connectivity index (χ1v) is 9.93. The van der Waals surface area contributed by atoms with E-state index in [4.69, 9.17) is 5.73 Å². The third-order valence-electron chi connectivity index (χ3n) is 6.51. The molecule has 0 aromatic carbocycles. The minimum atomic E-state index is -0.268. The van der Waals surface area contributed by atoms with Crippen LogP contribution in [0, 0.1) is 11.8 Å². The van der Waals surface area contributed by atoms with Crippen LogP contribution in [0.2, 0.25) is 0 Å². The number of rotatable bonds is 3. The predicted molar refractivity (Wildman–Crippen MR) is 94.4 cm³/mol. The zero-order valence-corrected chi connectivity index (χ0v) is 15.1. The standard InChI is InChI=1S/C19H33N3O2/c1-14-6-8-16(9-7-14)22(19(20)24)17-10-12-21(13-11-17)18(23)15-4-2-3-5-15/h14-17H,2-13H2,1H3,(H2,20,24). The molecule has 0 spiro atoms. The first-order chi connectivity index (χ1) is 11.6. The molecule has 2 saturated carbocycles. The number of amides is 3. The molecule has 0 radical (unpaired) electrons. The third kappa shape index (κ3) is 3.86. The second-order valence-electron chi connectivity index (χ2n) is 8.20. The molecule has 1 aliphatic heterocycles. The van der Waals surface area contributed by atoms with Crippen LogP contribution in [0.25, 0.3) is 0 Å². The molecule has 2 aliphatic carbocycles. The van der Waals surface area contributed by atoms with Crippen LogP contribution in [0.5, 0.6) is 0 Å². The van der Waals surface area contributed by atoms with Gasteiger partial charge in [0.1, 0.15) is 0 Å². The summed E-state index contributed by atoms with van der Waals surface area (Å²) in [5.41, 5.74) is 5.73. The van der Waals surface area contributed by atoms with Crippen LogP contribution in [0.1, 0.15) is 71.1 Å². The van der Waals surface area contributed by atoms with Crippen molar-refractivity contribution < 1.29 is 9.59 Å². The third-order valence-corrected chi connectivity index (χ3v) is 6.51. The second-order valence-corrected chi connectivity index (χ2v) is 8.20. The van der Waals surface area contributed by atoms with Gasteiger partial charge in [0.25, 0.3) is 0 Å². The number of hydrogen-bond donors (Lipinski definition) is 1. The molecule has 5 heteroatoms. The van der Waals surface area contributed by atoms with Crippen molar-refractivity contribution >= 4 is 11.9 Å². The summed E-state index contributed by atoms with van der Waals surface area (Å²) in [6.45, 7) is 3.86. The van der Waals surface area contributed by atoms with Crippen molar-refractivity contribution in [1.82, 2.24) is 9.80 Å². The number of hydrogen-bond acceptors (Lipinski definition) is 2. The first-order valence-electron chi connectivity index (χ1n) is 9.93. The van der Waals surface area contributed by atoms with Gasteiger partial charge in [-0.15, -0.1) is 0 Å². The lowest BCUT2D eigenvalue weighted by Crippen LogP contribution is -2.55. The number of carbonyl (C=O) groups excluding carboxylic acids is 2. The Morgan fingerprint density at radius 2 is 1.42 bits per heavy atom. The lowest BCUT2D eigenvalue weighted by atomic mass is 9.85. The molecule has 5 nitrogen and oxygen atoms in total. The molecule has 1 saturated heterocycles. The average molecular weight is 335 g/mol. The van der Waals surface area contributed by atoms with Crippen LogP contribution in [0.3, 0.4) is 0 Å². The number of nitrogens with two attached hydrogens (primary N) is 1. The van der Waals surface area contributed by atoms with Crippen LogP contribution in [0.15, 0.2) is 0 Å². The molecule has 136 valence electrons. The summed E-state index contributed by atoms with van der Waals surface area (Å²) in [5.74, 6) is 1.37. The summed E-state index contributed by atoms with van der Waals surface area (Å²) in [4.78, 5) is 28.6. The number of urea groups is 1. The van der Waals surface area contributed by atoms with Crippen LogP contribution in [-0.4, -0.2) is 46.9 Å². The van der Waals surface area contributed by atoms with Crippen molar-refractivity contribution in [2.45, 2.75) is 83.2 Å². The number of nitrogens with zero attached hydrogens (tertiary/aromatic N) is 2. The van der Waals surface area contributed by atoms with E-state index in [1.54, 1.807) is 0 Å². The number of primary amides is 1. The lowest BCUT2D eigenvalue weighted by Gasteiger charge is -2.43. The maximum Gasteiger partial charge on any atom is 0.315 e. The SMILES string of the molecule is CC1CCC(N(C(N)=O)C2CCN(C(=O)C3CCCC3)CC2)CC1. The largest absolute Gasteiger partial charge is 0.351 e. The molecule has 0 bridgehead atoms. The van der Waals surface area contributed by atoms with E-state index >= 15 is 0 Å². The van der Waals surface area contributed by atoms with Crippen LogP contribution >= 0.6 is 0 Å². The van der Waals surface area contributed by atoms with E-state index in [-0.39, 0.29) is 18.0 Å². The van der Waals surface area contributed by atoms with Gasteiger partial charge in [0.05, 0.1) is 0 Å². The van der Waals surface area contributed by atoms with Crippen LogP contribution < -0.4 is 5.73 Å². The average Bonchev–Trinajstić information content (AvgIpc) is 3.11. The summed E-state index contributed by atoms with van der Waals surface area (Å²) in [7, 11) is 0. The fourth-order valence-electron chi connectivity index (χ4n) is 4.97. The smallest absolute Gasteiger partial charge is 0.315 e. The van der Waals surface area contributed by atoms with Gasteiger partial charge in [0, 0.05) is 31.1 Å². The molecule has 0 unspecified atom stereocenters. The molecule has 0 aromatic heterocycles. The van der Waals surface area contributed by atoms with Gasteiger partial charge in [0.2, 0.25) is 5.91 Å². The Balaban J connectivity index is 1.55. The van der Waals surface area contributed by atoms with Crippen LogP contribution in [-0.2, 0) is 4.79 Å². The van der Waals surface area contributed by atoms with Crippen molar-refractivity contribution in [2.75, 3.05) is 13.1 Å². The fourth-order valence-corrected chi connectivity index (χ4v) is 4.97. The summed E-state index contributed by atoms with van der Waals surface area (Å²) in [6, 6.07) is 0.254. The van der Waals surface area contributed by atoms with E-state index in [0.717, 1.165) is 57.5 Å². The zero-order chi connectivity index (χ0) is 17.1. The molecule has 3 aliphatic rings. The van der Waals surface area contributed by atoms with E-state index in [1.807, 2.05) is 9.80 Å². The summed E-state index contributed by atoms with van der Waals surface area (Å²) >= 11 is 0. The second kappa shape index (κ2) is 7.75. The Hall–Kier alpha value is -1.26. The molecule has 24 heavy (non-hydrogen) atoms. The zero-order valence-electron chi connectivity index (χ0n) is 15.1. The highest BCUT2D eigenvalue weighted by Crippen LogP contribution is 2.32. The van der Waals surface area contributed by atoms with Gasteiger partial charge >= 0.3 is 6.03 Å². The Morgan fingerprint density at radius 3 is 1.96 bits per heavy atom. The van der Waals surface area contributed by atoms with Gasteiger partial charge in [0.15, 0.2) is 0 Å². The maximum atomic E-state index is 12.6. The Bertz CT molecular complexity index is 446. The summed E-state index contributed by atoms with van der Waals surface area (Å²) in [6.07, 6.45) is 10.8. The van der Waals surface area contributed by atoms with E-state index in [1.165, 1.54) is 25.7 Å². The molecular weight excluding hydrogens is 302 g/mol. The summed E-state index contributed by atoms with van der Waals surface area (Å²) in [5, 5.41) is 0. The number of carbonyl (C=O) groups is 2. The highest BCUT2D eigenvalue weighted by molar-refractivity contribution is 5.79. The number of likely N-dealkylation sites (tertiary alicyclic amines) is 1. The highest BCUT2D eigenvalue weighted by atomic mass is 16.2. The molecule has 3 fully saturated rings. The molecular formula is C19H33N3O2. The van der Waals surface area contributed by atoms with Crippen molar-refractivity contribution in [3.8, 4) is 0 Å². The van der Waals surface area contributed by atoms with E-state index in [2.05, 4.69) is 6.92 Å². The molecule has 3 rings (SSSR count). The van der Waals surface area contributed by atoms with Gasteiger partial charge in [-0.2, -0.15) is 0 Å². The maximum absolute atomic E-state index is 12.6. The molecule has 0 atom stereocenters. The van der Waals surface area contributed by atoms with Crippen molar-refractivity contribution in [1.29, 1.82) is 0 Å². The van der Waals surface area contributed by atoms with Gasteiger partial charge in [-0.3, -0.25) is 4.79 Å².